The van der Waals surface area contributed by atoms with Crippen molar-refractivity contribution in [2.24, 2.45) is 0 Å². The highest BCUT2D eigenvalue weighted by Gasteiger charge is 2.08. The summed E-state index contributed by atoms with van der Waals surface area (Å²) in [6, 6.07) is 3.50. The van der Waals surface area contributed by atoms with Gasteiger partial charge in [-0.2, -0.15) is 0 Å². The molecule has 6 heteroatoms. The van der Waals surface area contributed by atoms with Crippen molar-refractivity contribution in [2.75, 3.05) is 12.4 Å². The number of aryl methyl sites for hydroxylation is 2. The van der Waals surface area contributed by atoms with Crippen molar-refractivity contribution in [3.05, 3.63) is 39.5 Å². The highest BCUT2D eigenvalue weighted by Crippen LogP contribution is 2.11. The van der Waals surface area contributed by atoms with E-state index in [1.54, 1.807) is 30.5 Å². The van der Waals surface area contributed by atoms with Crippen LogP contribution in [-0.2, 0) is 6.54 Å². The lowest BCUT2D eigenvalue weighted by atomic mass is 10.2. The fourth-order valence-corrected chi connectivity index (χ4v) is 2.30. The standard InChI is InChI=1S/C13H16N4OS/c1-8-4-10(5-12(14-3)16-8)13(18)15-6-11-7-19-9(2)17-11/h4-5,7H,6H2,1-3H3,(H,14,16)(H,15,18). The van der Waals surface area contributed by atoms with Crippen LogP contribution in [0.2, 0.25) is 0 Å². The fraction of sp³-hybridized carbons (Fsp3) is 0.308. The minimum absolute atomic E-state index is 0.118. The number of amides is 1. The van der Waals surface area contributed by atoms with Gasteiger partial charge < -0.3 is 10.6 Å². The summed E-state index contributed by atoms with van der Waals surface area (Å²) in [5.74, 6) is 0.572. The van der Waals surface area contributed by atoms with Crippen molar-refractivity contribution in [3.8, 4) is 0 Å². The molecule has 100 valence electrons. The molecule has 2 heterocycles. The number of thiazole rings is 1. The van der Waals surface area contributed by atoms with Gasteiger partial charge in [-0.15, -0.1) is 11.3 Å². The van der Waals surface area contributed by atoms with E-state index in [1.165, 1.54) is 0 Å². The Morgan fingerprint density at radius 1 is 1.32 bits per heavy atom. The van der Waals surface area contributed by atoms with Crippen LogP contribution in [0.25, 0.3) is 0 Å². The van der Waals surface area contributed by atoms with Gasteiger partial charge >= 0.3 is 0 Å². The van der Waals surface area contributed by atoms with Gasteiger partial charge in [-0.3, -0.25) is 4.79 Å². The summed E-state index contributed by atoms with van der Waals surface area (Å²) in [6.07, 6.45) is 0. The van der Waals surface area contributed by atoms with Crippen molar-refractivity contribution in [1.29, 1.82) is 0 Å². The summed E-state index contributed by atoms with van der Waals surface area (Å²) in [4.78, 5) is 20.6. The summed E-state index contributed by atoms with van der Waals surface area (Å²) in [6.45, 7) is 4.25. The lowest BCUT2D eigenvalue weighted by Gasteiger charge is -2.07. The second-order valence-electron chi connectivity index (χ2n) is 4.17. The van der Waals surface area contributed by atoms with Crippen molar-refractivity contribution >= 4 is 23.1 Å². The first-order valence-corrected chi connectivity index (χ1v) is 6.82. The van der Waals surface area contributed by atoms with Crippen LogP contribution in [0.15, 0.2) is 17.5 Å². The highest BCUT2D eigenvalue weighted by atomic mass is 32.1. The number of carbonyl (C=O) groups excluding carboxylic acids is 1. The minimum Gasteiger partial charge on any atom is -0.373 e. The Morgan fingerprint density at radius 3 is 2.74 bits per heavy atom. The lowest BCUT2D eigenvalue weighted by Crippen LogP contribution is -2.23. The third-order valence-corrected chi connectivity index (χ3v) is 3.39. The molecular weight excluding hydrogens is 260 g/mol. The number of aromatic nitrogens is 2. The molecule has 0 aromatic carbocycles. The Hall–Kier alpha value is -1.95. The van der Waals surface area contributed by atoms with E-state index < -0.39 is 0 Å². The quantitative estimate of drug-likeness (QED) is 0.897. The maximum Gasteiger partial charge on any atom is 0.251 e. The van der Waals surface area contributed by atoms with Crippen LogP contribution in [0.3, 0.4) is 0 Å². The van der Waals surface area contributed by atoms with E-state index in [0.717, 1.165) is 16.4 Å². The minimum atomic E-state index is -0.118. The topological polar surface area (TPSA) is 66.9 Å². The molecule has 0 aliphatic rings. The number of hydrogen-bond acceptors (Lipinski definition) is 5. The van der Waals surface area contributed by atoms with E-state index in [-0.39, 0.29) is 5.91 Å². The largest absolute Gasteiger partial charge is 0.373 e. The van der Waals surface area contributed by atoms with Crippen LogP contribution in [0.4, 0.5) is 5.82 Å². The van der Waals surface area contributed by atoms with E-state index in [9.17, 15) is 4.79 Å². The van der Waals surface area contributed by atoms with Crippen LogP contribution in [0.1, 0.15) is 26.8 Å². The smallest absolute Gasteiger partial charge is 0.251 e. The molecule has 0 aliphatic heterocycles. The number of nitrogens with one attached hydrogen (secondary N) is 2. The van der Waals surface area contributed by atoms with Gasteiger partial charge in [0, 0.05) is 23.7 Å². The number of nitrogens with zero attached hydrogens (tertiary/aromatic N) is 2. The second kappa shape index (κ2) is 5.79. The SMILES string of the molecule is CNc1cc(C(=O)NCc2csc(C)n2)cc(C)n1. The molecule has 5 nitrogen and oxygen atoms in total. The van der Waals surface area contributed by atoms with Gasteiger partial charge in [0.15, 0.2) is 0 Å². The molecule has 2 rings (SSSR count). The van der Waals surface area contributed by atoms with E-state index in [2.05, 4.69) is 20.6 Å². The summed E-state index contributed by atoms with van der Waals surface area (Å²) in [5.41, 5.74) is 2.29. The zero-order valence-electron chi connectivity index (χ0n) is 11.2. The first-order chi connectivity index (χ1) is 9.08. The molecule has 19 heavy (non-hydrogen) atoms. The van der Waals surface area contributed by atoms with Gasteiger partial charge in [-0.25, -0.2) is 9.97 Å². The Labute approximate surface area is 116 Å². The molecule has 0 aliphatic carbocycles. The predicted octanol–water partition coefficient (Wildman–Crippen LogP) is 2.13. The fourth-order valence-electron chi connectivity index (χ4n) is 1.69. The van der Waals surface area contributed by atoms with Gasteiger partial charge in [0.25, 0.3) is 5.91 Å². The zero-order chi connectivity index (χ0) is 13.8. The lowest BCUT2D eigenvalue weighted by molar-refractivity contribution is 0.0950. The zero-order valence-corrected chi connectivity index (χ0v) is 12.0. The summed E-state index contributed by atoms with van der Waals surface area (Å²) < 4.78 is 0. The summed E-state index contributed by atoms with van der Waals surface area (Å²) >= 11 is 1.58. The molecule has 0 fully saturated rings. The van der Waals surface area contributed by atoms with Crippen molar-refractivity contribution < 1.29 is 4.79 Å². The molecule has 2 N–H and O–H groups in total. The Balaban J connectivity index is 2.05. The monoisotopic (exact) mass is 276 g/mol. The third kappa shape index (κ3) is 3.51. The maximum absolute atomic E-state index is 12.1. The average molecular weight is 276 g/mol. The average Bonchev–Trinajstić information content (AvgIpc) is 2.81. The molecule has 0 radical (unpaired) electrons. The highest BCUT2D eigenvalue weighted by molar-refractivity contribution is 7.09. The van der Waals surface area contributed by atoms with E-state index in [1.807, 2.05) is 19.2 Å². The van der Waals surface area contributed by atoms with Crippen LogP contribution in [0, 0.1) is 13.8 Å². The molecule has 2 aromatic rings. The molecule has 0 spiro atoms. The third-order valence-electron chi connectivity index (χ3n) is 2.57. The van der Waals surface area contributed by atoms with Crippen molar-refractivity contribution in [3.63, 3.8) is 0 Å². The molecule has 0 saturated heterocycles. The normalized spacial score (nSPS) is 10.3. The Bertz CT molecular complexity index is 594. The van der Waals surface area contributed by atoms with Crippen molar-refractivity contribution in [2.45, 2.75) is 20.4 Å². The predicted molar refractivity (Wildman–Crippen MR) is 76.5 cm³/mol. The number of hydrogen-bond donors (Lipinski definition) is 2. The first kappa shape index (κ1) is 13.5. The summed E-state index contributed by atoms with van der Waals surface area (Å²) in [7, 11) is 1.78. The first-order valence-electron chi connectivity index (χ1n) is 5.94. The number of pyridine rings is 1. The van der Waals surface area contributed by atoms with Crippen LogP contribution in [-0.4, -0.2) is 22.9 Å². The Kier molecular flexibility index (Phi) is 4.11. The van der Waals surface area contributed by atoms with Crippen molar-refractivity contribution in [1.82, 2.24) is 15.3 Å². The molecule has 0 atom stereocenters. The van der Waals surface area contributed by atoms with Gasteiger partial charge in [-0.05, 0) is 26.0 Å². The molecule has 0 saturated carbocycles. The van der Waals surface area contributed by atoms with Gasteiger partial charge in [-0.1, -0.05) is 0 Å². The number of carbonyl (C=O) groups is 1. The van der Waals surface area contributed by atoms with Gasteiger partial charge in [0.2, 0.25) is 0 Å². The molecule has 0 bridgehead atoms. The summed E-state index contributed by atoms with van der Waals surface area (Å²) in [5, 5.41) is 8.75. The van der Waals surface area contributed by atoms with Gasteiger partial charge in [0.05, 0.1) is 17.2 Å². The number of rotatable bonds is 4. The van der Waals surface area contributed by atoms with Crippen LogP contribution < -0.4 is 10.6 Å². The number of anilines is 1. The van der Waals surface area contributed by atoms with E-state index >= 15 is 0 Å². The van der Waals surface area contributed by atoms with Crippen LogP contribution >= 0.6 is 11.3 Å². The van der Waals surface area contributed by atoms with E-state index in [4.69, 9.17) is 0 Å². The Morgan fingerprint density at radius 2 is 2.11 bits per heavy atom. The molecule has 1 amide bonds. The second-order valence-corrected chi connectivity index (χ2v) is 5.24. The maximum atomic E-state index is 12.1. The van der Waals surface area contributed by atoms with Gasteiger partial charge in [0.1, 0.15) is 5.82 Å². The molecular formula is C13H16N4OS. The molecule has 0 unspecified atom stereocenters. The van der Waals surface area contributed by atoms with E-state index in [0.29, 0.717) is 17.9 Å². The molecule has 2 aromatic heterocycles. The van der Waals surface area contributed by atoms with Crippen LogP contribution in [0.5, 0.6) is 0 Å².